The van der Waals surface area contributed by atoms with Crippen LogP contribution in [0.25, 0.3) is 0 Å². The van der Waals surface area contributed by atoms with Gasteiger partial charge in [-0.05, 0) is 19.1 Å². The molecule has 104 valence electrons. The second-order valence-electron chi connectivity index (χ2n) is 3.92. The normalized spacial score (nSPS) is 12.8. The summed E-state index contributed by atoms with van der Waals surface area (Å²) in [4.78, 5) is 23.1. The fraction of sp³-hybridized carbons (Fsp3) is 0.333. The number of rotatable bonds is 4. The lowest BCUT2D eigenvalue weighted by atomic mass is 10.1. The van der Waals surface area contributed by atoms with Crippen LogP contribution < -0.4 is 4.90 Å². The Kier molecular flexibility index (Phi) is 4.52. The van der Waals surface area contributed by atoms with E-state index in [0.29, 0.717) is 11.8 Å². The summed E-state index contributed by atoms with van der Waals surface area (Å²) < 4.78 is 37.6. The number of anilines is 1. The monoisotopic (exact) mass is 275 g/mol. The molecule has 0 aliphatic carbocycles. The number of carboxylic acid groups (broad SMARTS) is 1. The molecular formula is C12H12F3NO3. The third kappa shape index (κ3) is 3.97. The van der Waals surface area contributed by atoms with Gasteiger partial charge in [0.2, 0.25) is 5.91 Å². The topological polar surface area (TPSA) is 57.6 Å². The van der Waals surface area contributed by atoms with E-state index in [9.17, 15) is 22.8 Å². The zero-order valence-electron chi connectivity index (χ0n) is 10.0. The summed E-state index contributed by atoms with van der Waals surface area (Å²) >= 11 is 0. The summed E-state index contributed by atoms with van der Waals surface area (Å²) in [5.74, 6) is -4.93. The van der Waals surface area contributed by atoms with E-state index in [1.54, 1.807) is 6.07 Å². The van der Waals surface area contributed by atoms with Crippen molar-refractivity contribution in [2.75, 3.05) is 11.4 Å². The molecule has 4 nitrogen and oxygen atoms in total. The van der Waals surface area contributed by atoms with Gasteiger partial charge in [0, 0.05) is 5.69 Å². The number of para-hydroxylation sites is 1. The molecule has 0 fully saturated rings. The number of amides is 1. The maximum Gasteiger partial charge on any atom is 0.400 e. The van der Waals surface area contributed by atoms with Crippen LogP contribution in [0.4, 0.5) is 18.9 Å². The number of carboxylic acids is 1. The first kappa shape index (κ1) is 15.0. The van der Waals surface area contributed by atoms with Crippen LogP contribution in [0.1, 0.15) is 6.92 Å². The highest BCUT2D eigenvalue weighted by atomic mass is 19.4. The molecule has 0 radical (unpaired) electrons. The standard InChI is InChI=1S/C12H12F3NO3/c1-8(12(13,14)15)11(19)16(7-10(17)18)9-5-3-2-4-6-9/h2-6,8H,7H2,1H3,(H,17,18). The van der Waals surface area contributed by atoms with Crippen LogP contribution in [0.5, 0.6) is 0 Å². The third-order valence-corrected chi connectivity index (χ3v) is 2.49. The first-order valence-corrected chi connectivity index (χ1v) is 5.38. The highest BCUT2D eigenvalue weighted by molar-refractivity contribution is 5.98. The Hall–Kier alpha value is -2.05. The van der Waals surface area contributed by atoms with Gasteiger partial charge in [0.1, 0.15) is 12.5 Å². The third-order valence-electron chi connectivity index (χ3n) is 2.49. The zero-order valence-corrected chi connectivity index (χ0v) is 10.0. The average Bonchev–Trinajstić information content (AvgIpc) is 2.34. The van der Waals surface area contributed by atoms with Crippen molar-refractivity contribution in [1.82, 2.24) is 0 Å². The number of hydrogen-bond acceptors (Lipinski definition) is 2. The van der Waals surface area contributed by atoms with Crippen LogP contribution >= 0.6 is 0 Å². The fourth-order valence-corrected chi connectivity index (χ4v) is 1.41. The van der Waals surface area contributed by atoms with Crippen molar-refractivity contribution in [3.05, 3.63) is 30.3 Å². The van der Waals surface area contributed by atoms with E-state index < -0.39 is 30.5 Å². The van der Waals surface area contributed by atoms with Gasteiger partial charge in [-0.25, -0.2) is 0 Å². The molecule has 1 N–H and O–H groups in total. The van der Waals surface area contributed by atoms with Gasteiger partial charge in [0.25, 0.3) is 0 Å². The van der Waals surface area contributed by atoms with Gasteiger partial charge in [0.05, 0.1) is 0 Å². The molecule has 0 spiro atoms. The van der Waals surface area contributed by atoms with Crippen LogP contribution in [0.3, 0.4) is 0 Å². The number of carbonyl (C=O) groups is 2. The number of benzene rings is 1. The number of carbonyl (C=O) groups excluding carboxylic acids is 1. The molecule has 0 heterocycles. The van der Waals surface area contributed by atoms with Crippen LogP contribution in [0.2, 0.25) is 0 Å². The lowest BCUT2D eigenvalue weighted by Crippen LogP contribution is -2.43. The van der Waals surface area contributed by atoms with Crippen molar-refractivity contribution in [3.63, 3.8) is 0 Å². The Morgan fingerprint density at radius 1 is 1.26 bits per heavy atom. The molecule has 1 aromatic rings. The lowest BCUT2D eigenvalue weighted by molar-refractivity contribution is -0.177. The van der Waals surface area contributed by atoms with E-state index in [4.69, 9.17) is 5.11 Å². The second-order valence-corrected chi connectivity index (χ2v) is 3.92. The van der Waals surface area contributed by atoms with Gasteiger partial charge in [-0.2, -0.15) is 13.2 Å². The second kappa shape index (κ2) is 5.73. The molecule has 0 aliphatic heterocycles. The predicted octanol–water partition coefficient (Wildman–Crippen LogP) is 2.30. The molecule has 0 saturated heterocycles. The zero-order chi connectivity index (χ0) is 14.6. The van der Waals surface area contributed by atoms with Gasteiger partial charge in [-0.15, -0.1) is 0 Å². The van der Waals surface area contributed by atoms with E-state index in [0.717, 1.165) is 0 Å². The highest BCUT2D eigenvalue weighted by Crippen LogP contribution is 2.29. The lowest BCUT2D eigenvalue weighted by Gasteiger charge is -2.25. The summed E-state index contributed by atoms with van der Waals surface area (Å²) in [6, 6.07) is 7.39. The van der Waals surface area contributed by atoms with E-state index in [1.165, 1.54) is 24.3 Å². The van der Waals surface area contributed by atoms with Gasteiger partial charge < -0.3 is 10.0 Å². The Morgan fingerprint density at radius 2 is 1.79 bits per heavy atom. The summed E-state index contributed by atoms with van der Waals surface area (Å²) in [6.45, 7) is -0.108. The minimum atomic E-state index is -4.71. The molecule has 0 aromatic heterocycles. The van der Waals surface area contributed by atoms with E-state index in [1.807, 2.05) is 0 Å². The Labute approximate surface area is 107 Å². The van der Waals surface area contributed by atoms with Gasteiger partial charge in [-0.3, -0.25) is 9.59 Å². The first-order valence-electron chi connectivity index (χ1n) is 5.38. The predicted molar refractivity (Wildman–Crippen MR) is 61.6 cm³/mol. The van der Waals surface area contributed by atoms with E-state index in [-0.39, 0.29) is 5.69 Å². The van der Waals surface area contributed by atoms with E-state index in [2.05, 4.69) is 0 Å². The smallest absolute Gasteiger partial charge is 0.400 e. The summed E-state index contributed by atoms with van der Waals surface area (Å²) in [5, 5.41) is 8.70. The number of halogens is 3. The van der Waals surface area contributed by atoms with Crippen LogP contribution in [-0.2, 0) is 9.59 Å². The van der Waals surface area contributed by atoms with Crippen molar-refractivity contribution in [2.45, 2.75) is 13.1 Å². The quantitative estimate of drug-likeness (QED) is 0.917. The molecule has 1 aromatic carbocycles. The van der Waals surface area contributed by atoms with Crippen molar-refractivity contribution >= 4 is 17.6 Å². The summed E-state index contributed by atoms with van der Waals surface area (Å²) in [6.07, 6.45) is -4.71. The molecule has 1 atom stereocenters. The molecule has 0 saturated carbocycles. The van der Waals surface area contributed by atoms with Crippen molar-refractivity contribution in [2.24, 2.45) is 5.92 Å². The molecule has 1 rings (SSSR count). The van der Waals surface area contributed by atoms with Crippen LogP contribution in [-0.4, -0.2) is 29.7 Å². The average molecular weight is 275 g/mol. The molecule has 0 bridgehead atoms. The highest BCUT2D eigenvalue weighted by Gasteiger charge is 2.43. The molecule has 1 unspecified atom stereocenters. The molecule has 19 heavy (non-hydrogen) atoms. The molecule has 0 aliphatic rings. The summed E-state index contributed by atoms with van der Waals surface area (Å²) in [5.41, 5.74) is 0.117. The number of nitrogens with zero attached hydrogens (tertiary/aromatic N) is 1. The van der Waals surface area contributed by atoms with Gasteiger partial charge in [0.15, 0.2) is 0 Å². The maximum absolute atomic E-state index is 12.5. The van der Waals surface area contributed by atoms with Crippen molar-refractivity contribution in [3.8, 4) is 0 Å². The SMILES string of the molecule is CC(C(=O)N(CC(=O)O)c1ccccc1)C(F)(F)F. The molecule has 1 amide bonds. The number of aliphatic carboxylic acids is 1. The Bertz CT molecular complexity index is 459. The van der Waals surface area contributed by atoms with Gasteiger partial charge in [-0.1, -0.05) is 18.2 Å². The Balaban J connectivity index is 3.05. The van der Waals surface area contributed by atoms with Crippen molar-refractivity contribution < 1.29 is 27.9 Å². The van der Waals surface area contributed by atoms with Crippen molar-refractivity contribution in [1.29, 1.82) is 0 Å². The van der Waals surface area contributed by atoms with Gasteiger partial charge >= 0.3 is 12.1 Å². The first-order chi connectivity index (χ1) is 8.73. The molecule has 7 heteroatoms. The maximum atomic E-state index is 12.5. The van der Waals surface area contributed by atoms with Crippen LogP contribution in [0, 0.1) is 5.92 Å². The Morgan fingerprint density at radius 3 is 2.21 bits per heavy atom. The number of alkyl halides is 3. The van der Waals surface area contributed by atoms with Crippen LogP contribution in [0.15, 0.2) is 30.3 Å². The largest absolute Gasteiger partial charge is 0.480 e. The minimum Gasteiger partial charge on any atom is -0.480 e. The molecular weight excluding hydrogens is 263 g/mol. The summed E-state index contributed by atoms with van der Waals surface area (Å²) in [7, 11) is 0. The van der Waals surface area contributed by atoms with E-state index >= 15 is 0 Å². The minimum absolute atomic E-state index is 0.117. The number of hydrogen-bond donors (Lipinski definition) is 1. The fourth-order valence-electron chi connectivity index (χ4n) is 1.41.